The van der Waals surface area contributed by atoms with Gasteiger partial charge >= 0.3 is 0 Å². The number of nitrogen functional groups attached to an aromatic ring is 2. The number of fused-ring (bicyclic) bond motifs is 1. The molecular formula is C23H20N6. The van der Waals surface area contributed by atoms with Crippen LogP contribution in [0, 0.1) is 18.8 Å². The van der Waals surface area contributed by atoms with Crippen LogP contribution in [0.2, 0.25) is 0 Å². The van der Waals surface area contributed by atoms with Crippen molar-refractivity contribution in [3.05, 3.63) is 77.2 Å². The molecule has 0 aliphatic carbocycles. The third-order valence-corrected chi connectivity index (χ3v) is 4.56. The largest absolute Gasteiger partial charge is 0.398 e. The van der Waals surface area contributed by atoms with Crippen molar-refractivity contribution < 1.29 is 0 Å². The molecule has 3 heterocycles. The highest BCUT2D eigenvalue weighted by Gasteiger charge is 2.14. The van der Waals surface area contributed by atoms with Crippen LogP contribution in [0.4, 0.5) is 11.5 Å². The average molecular weight is 380 g/mol. The van der Waals surface area contributed by atoms with Gasteiger partial charge in [-0.3, -0.25) is 9.39 Å². The van der Waals surface area contributed by atoms with Gasteiger partial charge in [0.1, 0.15) is 17.2 Å². The predicted molar refractivity (Wildman–Crippen MR) is 118 cm³/mol. The highest BCUT2D eigenvalue weighted by atomic mass is 15.0. The number of rotatable bonds is 2. The second-order valence-corrected chi connectivity index (χ2v) is 6.59. The van der Waals surface area contributed by atoms with Crippen LogP contribution >= 0.6 is 0 Å². The SMILES string of the molecule is CN=Cc1cc(C#Cc2nc(N)ccc2-c2c(C)nc3ccccn23)ccc1N. The Kier molecular flexibility index (Phi) is 4.71. The summed E-state index contributed by atoms with van der Waals surface area (Å²) in [7, 11) is 1.71. The quantitative estimate of drug-likeness (QED) is 0.317. The van der Waals surface area contributed by atoms with E-state index in [4.69, 9.17) is 11.5 Å². The molecule has 6 nitrogen and oxygen atoms in total. The molecule has 3 aromatic heterocycles. The zero-order valence-corrected chi connectivity index (χ0v) is 16.2. The predicted octanol–water partition coefficient (Wildman–Crippen LogP) is 3.32. The summed E-state index contributed by atoms with van der Waals surface area (Å²) in [5.41, 5.74) is 18.4. The molecule has 0 saturated carbocycles. The summed E-state index contributed by atoms with van der Waals surface area (Å²) < 4.78 is 2.03. The van der Waals surface area contributed by atoms with E-state index in [1.165, 1.54) is 0 Å². The van der Waals surface area contributed by atoms with E-state index in [-0.39, 0.29) is 0 Å². The number of aliphatic imine (C=N–C) groups is 1. The molecule has 0 radical (unpaired) electrons. The number of anilines is 2. The van der Waals surface area contributed by atoms with Gasteiger partial charge in [0.05, 0.1) is 11.4 Å². The molecular weight excluding hydrogens is 360 g/mol. The molecule has 29 heavy (non-hydrogen) atoms. The van der Waals surface area contributed by atoms with E-state index in [0.29, 0.717) is 17.2 Å². The van der Waals surface area contributed by atoms with Crippen LogP contribution in [-0.2, 0) is 0 Å². The number of aromatic nitrogens is 3. The standard InChI is InChI=1S/C23H20N6/c1-15-23(29-12-4-3-5-22(29)27-15)18-8-11-21(25)28-20(18)10-7-16-6-9-19(24)17(13-16)14-26-2/h3-6,8-9,11-14H,24H2,1-2H3,(H2,25,28). The van der Waals surface area contributed by atoms with Crippen LogP contribution in [0.25, 0.3) is 16.9 Å². The molecule has 0 amide bonds. The van der Waals surface area contributed by atoms with Crippen LogP contribution in [0.3, 0.4) is 0 Å². The molecule has 0 fully saturated rings. The first-order valence-corrected chi connectivity index (χ1v) is 9.11. The van der Waals surface area contributed by atoms with Gasteiger partial charge in [-0.25, -0.2) is 9.97 Å². The van der Waals surface area contributed by atoms with Gasteiger partial charge in [-0.2, -0.15) is 0 Å². The topological polar surface area (TPSA) is 94.6 Å². The van der Waals surface area contributed by atoms with Crippen molar-refractivity contribution in [1.29, 1.82) is 0 Å². The summed E-state index contributed by atoms with van der Waals surface area (Å²) in [5, 5.41) is 0. The first-order valence-electron chi connectivity index (χ1n) is 9.11. The van der Waals surface area contributed by atoms with Crippen molar-refractivity contribution >= 4 is 23.4 Å². The third kappa shape index (κ3) is 3.54. The summed E-state index contributed by atoms with van der Waals surface area (Å²) >= 11 is 0. The van der Waals surface area contributed by atoms with Gasteiger partial charge in [-0.15, -0.1) is 0 Å². The molecule has 1 aromatic carbocycles. The summed E-state index contributed by atoms with van der Waals surface area (Å²) in [4.78, 5) is 13.2. The minimum Gasteiger partial charge on any atom is -0.398 e. The van der Waals surface area contributed by atoms with Crippen molar-refractivity contribution in [2.45, 2.75) is 6.92 Å². The number of hydrogen-bond acceptors (Lipinski definition) is 5. The van der Waals surface area contributed by atoms with Crippen LogP contribution in [0.1, 0.15) is 22.5 Å². The van der Waals surface area contributed by atoms with Gasteiger partial charge in [-0.1, -0.05) is 12.0 Å². The molecule has 0 spiro atoms. The highest BCUT2D eigenvalue weighted by Crippen LogP contribution is 2.27. The first-order chi connectivity index (χ1) is 14.1. The fourth-order valence-electron chi connectivity index (χ4n) is 3.23. The fourth-order valence-corrected chi connectivity index (χ4v) is 3.23. The van der Waals surface area contributed by atoms with Gasteiger partial charge in [0.25, 0.3) is 0 Å². The number of benzene rings is 1. The molecule has 0 saturated heterocycles. The molecule has 4 N–H and O–H groups in total. The van der Waals surface area contributed by atoms with Crippen LogP contribution in [0.15, 0.2) is 59.7 Å². The highest BCUT2D eigenvalue weighted by molar-refractivity contribution is 5.87. The van der Waals surface area contributed by atoms with Crippen molar-refractivity contribution in [2.24, 2.45) is 4.99 Å². The molecule has 0 bridgehead atoms. The third-order valence-electron chi connectivity index (χ3n) is 4.56. The number of imidazole rings is 1. The van der Waals surface area contributed by atoms with E-state index in [1.54, 1.807) is 19.3 Å². The molecule has 6 heteroatoms. The second-order valence-electron chi connectivity index (χ2n) is 6.59. The Morgan fingerprint density at radius 3 is 2.72 bits per heavy atom. The van der Waals surface area contributed by atoms with E-state index in [9.17, 15) is 0 Å². The van der Waals surface area contributed by atoms with E-state index in [0.717, 1.165) is 33.7 Å². The van der Waals surface area contributed by atoms with Gasteiger partial charge < -0.3 is 11.5 Å². The number of nitrogens with zero attached hydrogens (tertiary/aromatic N) is 4. The maximum atomic E-state index is 5.98. The Hall–Kier alpha value is -4.11. The second kappa shape index (κ2) is 7.49. The molecule has 4 rings (SSSR count). The van der Waals surface area contributed by atoms with Gasteiger partial charge in [0.2, 0.25) is 0 Å². The molecule has 0 aliphatic heterocycles. The van der Waals surface area contributed by atoms with Gasteiger partial charge in [0.15, 0.2) is 0 Å². The van der Waals surface area contributed by atoms with E-state index < -0.39 is 0 Å². The maximum Gasteiger partial charge on any atom is 0.137 e. The summed E-state index contributed by atoms with van der Waals surface area (Å²) in [6.45, 7) is 1.98. The first kappa shape index (κ1) is 18.3. The van der Waals surface area contributed by atoms with Crippen molar-refractivity contribution in [3.63, 3.8) is 0 Å². The van der Waals surface area contributed by atoms with Crippen LogP contribution in [0.5, 0.6) is 0 Å². The van der Waals surface area contributed by atoms with E-state index in [1.807, 2.05) is 60.0 Å². The Morgan fingerprint density at radius 1 is 1.03 bits per heavy atom. The number of nitrogens with two attached hydrogens (primary N) is 2. The summed E-state index contributed by atoms with van der Waals surface area (Å²) in [6, 6.07) is 15.2. The van der Waals surface area contributed by atoms with Crippen molar-refractivity contribution in [1.82, 2.24) is 14.4 Å². The molecule has 0 aliphatic rings. The number of pyridine rings is 2. The summed E-state index contributed by atoms with van der Waals surface area (Å²) in [5.74, 6) is 6.76. The monoisotopic (exact) mass is 380 g/mol. The Bertz CT molecular complexity index is 1300. The molecule has 0 atom stereocenters. The molecule has 0 unspecified atom stereocenters. The van der Waals surface area contributed by atoms with Crippen molar-refractivity contribution in [3.8, 4) is 23.1 Å². The zero-order chi connectivity index (χ0) is 20.4. The fraction of sp³-hybridized carbons (Fsp3) is 0.0870. The number of aryl methyl sites for hydroxylation is 1. The van der Waals surface area contributed by atoms with E-state index in [2.05, 4.69) is 26.8 Å². The minimum absolute atomic E-state index is 0.417. The normalized spacial score (nSPS) is 11.0. The Morgan fingerprint density at radius 2 is 1.90 bits per heavy atom. The van der Waals surface area contributed by atoms with Gasteiger partial charge in [0, 0.05) is 41.8 Å². The maximum absolute atomic E-state index is 5.98. The Labute approximate surface area is 169 Å². The summed E-state index contributed by atoms with van der Waals surface area (Å²) in [6.07, 6.45) is 3.70. The van der Waals surface area contributed by atoms with E-state index >= 15 is 0 Å². The molecule has 142 valence electrons. The lowest BCUT2D eigenvalue weighted by Crippen LogP contribution is -1.98. The lowest BCUT2D eigenvalue weighted by molar-refractivity contribution is 1.17. The average Bonchev–Trinajstić information content (AvgIpc) is 3.04. The number of hydrogen-bond donors (Lipinski definition) is 2. The minimum atomic E-state index is 0.417. The van der Waals surface area contributed by atoms with Crippen LogP contribution < -0.4 is 11.5 Å². The molecule has 4 aromatic rings. The van der Waals surface area contributed by atoms with Crippen molar-refractivity contribution in [2.75, 3.05) is 18.5 Å². The van der Waals surface area contributed by atoms with Gasteiger partial charge in [-0.05, 0) is 55.3 Å². The lowest BCUT2D eigenvalue weighted by Gasteiger charge is -2.07. The Balaban J connectivity index is 1.85. The van der Waals surface area contributed by atoms with Crippen LogP contribution in [-0.4, -0.2) is 27.6 Å². The lowest BCUT2D eigenvalue weighted by atomic mass is 10.1. The smallest absolute Gasteiger partial charge is 0.137 e. The zero-order valence-electron chi connectivity index (χ0n) is 16.2.